The highest BCUT2D eigenvalue weighted by atomic mass is 32.1. The lowest BCUT2D eigenvalue weighted by Crippen LogP contribution is -2.52. The molecule has 128 valence electrons. The van der Waals surface area contributed by atoms with Crippen molar-refractivity contribution in [3.05, 3.63) is 57.8 Å². The molecule has 1 amide bonds. The van der Waals surface area contributed by atoms with Crippen LogP contribution in [0.25, 0.3) is 0 Å². The lowest BCUT2D eigenvalue weighted by molar-refractivity contribution is -0.123. The van der Waals surface area contributed by atoms with Crippen LogP contribution in [0, 0.1) is 6.92 Å². The second kappa shape index (κ2) is 7.92. The third-order valence-electron chi connectivity index (χ3n) is 4.53. The number of amides is 1. The lowest BCUT2D eigenvalue weighted by atomic mass is 10.0. The van der Waals surface area contributed by atoms with Gasteiger partial charge in [-0.1, -0.05) is 35.9 Å². The molecule has 1 unspecified atom stereocenters. The number of benzene rings is 1. The van der Waals surface area contributed by atoms with Gasteiger partial charge >= 0.3 is 0 Å². The van der Waals surface area contributed by atoms with Crippen molar-refractivity contribution in [2.75, 3.05) is 26.2 Å². The highest BCUT2D eigenvalue weighted by Gasteiger charge is 2.23. The van der Waals surface area contributed by atoms with Crippen molar-refractivity contribution >= 4 is 17.2 Å². The Kier molecular flexibility index (Phi) is 5.66. The second-order valence-corrected chi connectivity index (χ2v) is 7.43. The monoisotopic (exact) mass is 343 g/mol. The molecule has 1 aliphatic rings. The van der Waals surface area contributed by atoms with Gasteiger partial charge in [-0.05, 0) is 30.9 Å². The first-order valence-corrected chi connectivity index (χ1v) is 9.35. The molecular weight excluding hydrogens is 318 g/mol. The molecule has 0 saturated carbocycles. The smallest absolute Gasteiger partial charge is 0.234 e. The summed E-state index contributed by atoms with van der Waals surface area (Å²) in [5.41, 5.74) is 2.36. The highest BCUT2D eigenvalue weighted by Crippen LogP contribution is 2.26. The predicted molar refractivity (Wildman–Crippen MR) is 99.4 cm³/mol. The van der Waals surface area contributed by atoms with Crippen LogP contribution in [0.5, 0.6) is 0 Å². The van der Waals surface area contributed by atoms with Crippen LogP contribution in [-0.2, 0) is 4.79 Å². The Bertz CT molecular complexity index is 654. The van der Waals surface area contributed by atoms with Crippen molar-refractivity contribution in [3.63, 3.8) is 0 Å². The third-order valence-corrected chi connectivity index (χ3v) is 5.47. The molecule has 1 aromatic carbocycles. The molecule has 0 radical (unpaired) electrons. The van der Waals surface area contributed by atoms with E-state index in [1.807, 2.05) is 6.07 Å². The van der Waals surface area contributed by atoms with Gasteiger partial charge < -0.3 is 10.6 Å². The highest BCUT2D eigenvalue weighted by molar-refractivity contribution is 7.10. The fourth-order valence-electron chi connectivity index (χ4n) is 3.04. The second-order valence-electron chi connectivity index (χ2n) is 6.45. The maximum Gasteiger partial charge on any atom is 0.234 e. The molecule has 1 aromatic heterocycles. The maximum atomic E-state index is 12.6. The van der Waals surface area contributed by atoms with E-state index in [-0.39, 0.29) is 11.9 Å². The summed E-state index contributed by atoms with van der Waals surface area (Å²) in [5.74, 6) is 0.0859. The number of rotatable bonds is 5. The standard InChI is InChI=1S/C19H25N3OS/c1-14-5-7-16(8-6-14)19(17-4-3-11-24-17)21-18(23)13-22-10-9-20-12-15(22)2/h3-8,11,15,19-20H,9-10,12-13H2,1-2H3,(H,21,23)/t15-,19?/m1/s1. The summed E-state index contributed by atoms with van der Waals surface area (Å²) in [6.07, 6.45) is 0. The molecule has 2 N–H and O–H groups in total. The Hall–Kier alpha value is -1.69. The number of nitrogens with one attached hydrogen (secondary N) is 2. The zero-order valence-corrected chi connectivity index (χ0v) is 15.1. The molecular formula is C19H25N3OS. The Morgan fingerprint density at radius 3 is 2.83 bits per heavy atom. The van der Waals surface area contributed by atoms with E-state index in [1.165, 1.54) is 10.4 Å². The zero-order valence-electron chi connectivity index (χ0n) is 14.3. The van der Waals surface area contributed by atoms with Crippen molar-refractivity contribution in [1.82, 2.24) is 15.5 Å². The van der Waals surface area contributed by atoms with E-state index >= 15 is 0 Å². The summed E-state index contributed by atoms with van der Waals surface area (Å²) in [5, 5.41) is 8.65. The summed E-state index contributed by atoms with van der Waals surface area (Å²) >= 11 is 1.68. The summed E-state index contributed by atoms with van der Waals surface area (Å²) in [4.78, 5) is 16.0. The first kappa shape index (κ1) is 17.1. The van der Waals surface area contributed by atoms with Gasteiger partial charge in [0.1, 0.15) is 0 Å². The van der Waals surface area contributed by atoms with Gasteiger partial charge in [0, 0.05) is 30.6 Å². The number of carbonyl (C=O) groups excluding carboxylic acids is 1. The first-order chi connectivity index (χ1) is 11.6. The largest absolute Gasteiger partial charge is 0.343 e. The molecule has 0 spiro atoms. The normalized spacial score (nSPS) is 19.8. The van der Waals surface area contributed by atoms with Gasteiger partial charge in [-0.15, -0.1) is 11.3 Å². The summed E-state index contributed by atoms with van der Waals surface area (Å²) in [6.45, 7) is 7.51. The van der Waals surface area contributed by atoms with E-state index in [4.69, 9.17) is 0 Å². The number of thiophene rings is 1. The van der Waals surface area contributed by atoms with Crippen molar-refractivity contribution in [1.29, 1.82) is 0 Å². The Labute approximate surface area is 147 Å². The van der Waals surface area contributed by atoms with E-state index in [0.717, 1.165) is 25.2 Å². The maximum absolute atomic E-state index is 12.6. The van der Waals surface area contributed by atoms with E-state index in [2.05, 4.69) is 65.1 Å². The van der Waals surface area contributed by atoms with Crippen LogP contribution in [0.4, 0.5) is 0 Å². The van der Waals surface area contributed by atoms with Crippen LogP contribution < -0.4 is 10.6 Å². The predicted octanol–water partition coefficient (Wildman–Crippen LogP) is 2.56. The van der Waals surface area contributed by atoms with Crippen LogP contribution in [0.2, 0.25) is 0 Å². The van der Waals surface area contributed by atoms with Crippen LogP contribution in [0.15, 0.2) is 41.8 Å². The minimum absolute atomic E-state index is 0.0729. The molecule has 24 heavy (non-hydrogen) atoms. The number of nitrogens with zero attached hydrogens (tertiary/aromatic N) is 1. The van der Waals surface area contributed by atoms with E-state index in [0.29, 0.717) is 12.6 Å². The van der Waals surface area contributed by atoms with Gasteiger partial charge in [-0.3, -0.25) is 9.69 Å². The molecule has 2 atom stereocenters. The topological polar surface area (TPSA) is 44.4 Å². The van der Waals surface area contributed by atoms with Gasteiger partial charge in [0.2, 0.25) is 5.91 Å². The summed E-state index contributed by atoms with van der Waals surface area (Å²) in [6, 6.07) is 12.8. The van der Waals surface area contributed by atoms with Crippen molar-refractivity contribution in [3.8, 4) is 0 Å². The number of carbonyl (C=O) groups is 1. The van der Waals surface area contributed by atoms with Gasteiger partial charge in [0.25, 0.3) is 0 Å². The average Bonchev–Trinajstić information content (AvgIpc) is 3.10. The van der Waals surface area contributed by atoms with E-state index < -0.39 is 0 Å². The Balaban J connectivity index is 1.72. The molecule has 3 rings (SSSR count). The van der Waals surface area contributed by atoms with Crippen LogP contribution in [-0.4, -0.2) is 43.0 Å². The van der Waals surface area contributed by atoms with Gasteiger partial charge in [-0.25, -0.2) is 0 Å². The molecule has 1 aliphatic heterocycles. The molecule has 1 fully saturated rings. The number of aryl methyl sites for hydroxylation is 1. The van der Waals surface area contributed by atoms with Crippen LogP contribution in [0.1, 0.15) is 29.0 Å². The van der Waals surface area contributed by atoms with Gasteiger partial charge in [-0.2, -0.15) is 0 Å². The first-order valence-electron chi connectivity index (χ1n) is 8.47. The molecule has 1 saturated heterocycles. The third kappa shape index (κ3) is 4.23. The Morgan fingerprint density at radius 2 is 2.17 bits per heavy atom. The minimum Gasteiger partial charge on any atom is -0.343 e. The zero-order chi connectivity index (χ0) is 16.9. The SMILES string of the molecule is Cc1ccc(C(NC(=O)CN2CCNC[C@H]2C)c2cccs2)cc1. The quantitative estimate of drug-likeness (QED) is 0.877. The number of piperazine rings is 1. The van der Waals surface area contributed by atoms with E-state index in [1.54, 1.807) is 11.3 Å². The van der Waals surface area contributed by atoms with Crippen molar-refractivity contribution in [2.45, 2.75) is 25.9 Å². The Morgan fingerprint density at radius 1 is 1.38 bits per heavy atom. The number of hydrogen-bond donors (Lipinski definition) is 2. The van der Waals surface area contributed by atoms with E-state index in [9.17, 15) is 4.79 Å². The summed E-state index contributed by atoms with van der Waals surface area (Å²) in [7, 11) is 0. The summed E-state index contributed by atoms with van der Waals surface area (Å²) < 4.78 is 0. The van der Waals surface area contributed by atoms with Crippen LogP contribution in [0.3, 0.4) is 0 Å². The fourth-order valence-corrected chi connectivity index (χ4v) is 3.84. The molecule has 0 aliphatic carbocycles. The lowest BCUT2D eigenvalue weighted by Gasteiger charge is -2.33. The van der Waals surface area contributed by atoms with Crippen LogP contribution >= 0.6 is 11.3 Å². The molecule has 2 heterocycles. The molecule has 2 aromatic rings. The minimum atomic E-state index is -0.0729. The number of hydrogen-bond acceptors (Lipinski definition) is 4. The fraction of sp³-hybridized carbons (Fsp3) is 0.421. The average molecular weight is 343 g/mol. The van der Waals surface area contributed by atoms with Crippen molar-refractivity contribution in [2.24, 2.45) is 0 Å². The molecule has 4 nitrogen and oxygen atoms in total. The molecule has 5 heteroatoms. The van der Waals surface area contributed by atoms with Gasteiger partial charge in [0.15, 0.2) is 0 Å². The molecule has 0 bridgehead atoms. The van der Waals surface area contributed by atoms with Crippen molar-refractivity contribution < 1.29 is 4.79 Å². The van der Waals surface area contributed by atoms with Gasteiger partial charge in [0.05, 0.1) is 12.6 Å².